The van der Waals surface area contributed by atoms with Crippen LogP contribution in [-0.2, 0) is 9.53 Å². The van der Waals surface area contributed by atoms with E-state index < -0.39 is 0 Å². The van der Waals surface area contributed by atoms with E-state index in [1.807, 2.05) is 4.90 Å². The lowest BCUT2D eigenvalue weighted by atomic mass is 9.93. The quantitative estimate of drug-likeness (QED) is 0.869. The highest BCUT2D eigenvalue weighted by molar-refractivity contribution is 5.79. The van der Waals surface area contributed by atoms with Gasteiger partial charge in [-0.15, -0.1) is 0 Å². The smallest absolute Gasteiger partial charge is 0.226 e. The Morgan fingerprint density at radius 1 is 1.45 bits per heavy atom. The highest BCUT2D eigenvalue weighted by atomic mass is 16.5. The molecule has 2 heterocycles. The van der Waals surface area contributed by atoms with Crippen molar-refractivity contribution < 1.29 is 9.53 Å². The summed E-state index contributed by atoms with van der Waals surface area (Å²) in [6.07, 6.45) is 6.90. The van der Waals surface area contributed by atoms with Crippen LogP contribution in [0.2, 0.25) is 0 Å². The third kappa shape index (κ3) is 3.21. The summed E-state index contributed by atoms with van der Waals surface area (Å²) >= 11 is 0. The Hall–Kier alpha value is -1.69. The predicted molar refractivity (Wildman–Crippen MR) is 82.2 cm³/mol. The number of carbonyl (C=O) groups excluding carboxylic acids is 1. The van der Waals surface area contributed by atoms with Crippen molar-refractivity contribution in [2.45, 2.75) is 45.1 Å². The third-order valence-electron chi connectivity index (χ3n) is 4.34. The number of amides is 1. The zero-order chi connectivity index (χ0) is 15.5. The van der Waals surface area contributed by atoms with Gasteiger partial charge in [-0.3, -0.25) is 9.89 Å². The van der Waals surface area contributed by atoms with Crippen LogP contribution in [0.4, 0.5) is 0 Å². The molecule has 0 aromatic carbocycles. The van der Waals surface area contributed by atoms with E-state index in [4.69, 9.17) is 4.74 Å². The normalized spacial score (nSPS) is 25.7. The van der Waals surface area contributed by atoms with E-state index in [1.165, 1.54) is 0 Å². The second kappa shape index (κ2) is 6.60. The molecule has 22 heavy (non-hydrogen) atoms. The van der Waals surface area contributed by atoms with E-state index in [9.17, 15) is 4.79 Å². The number of allylic oxidation sites excluding steroid dienone is 2. The number of ether oxygens (including phenoxy) is 1. The highest BCUT2D eigenvalue weighted by Gasteiger charge is 2.31. The Bertz CT molecular complexity index is 552. The molecule has 1 aliphatic carbocycles. The fourth-order valence-electron chi connectivity index (χ4n) is 2.98. The number of morpholine rings is 1. The molecule has 120 valence electrons. The molecule has 0 bridgehead atoms. The molecule has 3 rings (SSSR count). The molecule has 0 saturated carbocycles. The van der Waals surface area contributed by atoms with Crippen molar-refractivity contribution in [3.8, 4) is 0 Å². The first kappa shape index (κ1) is 15.2. The second-order valence-electron chi connectivity index (χ2n) is 6.36. The summed E-state index contributed by atoms with van der Waals surface area (Å²) in [4.78, 5) is 19.1. The minimum absolute atomic E-state index is 0.129. The molecule has 1 amide bonds. The minimum atomic E-state index is -0.197. The van der Waals surface area contributed by atoms with Crippen LogP contribution < -0.4 is 0 Å². The number of aromatic nitrogens is 3. The molecule has 1 N–H and O–H groups in total. The average Bonchev–Trinajstić information content (AvgIpc) is 3.05. The van der Waals surface area contributed by atoms with Gasteiger partial charge in [-0.05, 0) is 19.3 Å². The van der Waals surface area contributed by atoms with Gasteiger partial charge in [0.2, 0.25) is 5.91 Å². The van der Waals surface area contributed by atoms with Crippen LogP contribution in [0.3, 0.4) is 0 Å². The molecule has 1 aromatic rings. The van der Waals surface area contributed by atoms with Gasteiger partial charge in [0.1, 0.15) is 6.10 Å². The van der Waals surface area contributed by atoms with Gasteiger partial charge in [-0.2, -0.15) is 5.10 Å². The molecular weight excluding hydrogens is 280 g/mol. The summed E-state index contributed by atoms with van der Waals surface area (Å²) in [5.74, 6) is 2.18. The summed E-state index contributed by atoms with van der Waals surface area (Å²) in [5.41, 5.74) is 0. The molecule has 1 fully saturated rings. The Morgan fingerprint density at radius 3 is 3.00 bits per heavy atom. The first-order valence-electron chi connectivity index (χ1n) is 8.12. The Morgan fingerprint density at radius 2 is 2.32 bits per heavy atom. The molecule has 6 nitrogen and oxygen atoms in total. The Labute approximate surface area is 130 Å². The first-order chi connectivity index (χ1) is 10.6. The summed E-state index contributed by atoms with van der Waals surface area (Å²) in [7, 11) is 0. The van der Waals surface area contributed by atoms with Gasteiger partial charge < -0.3 is 9.64 Å². The van der Waals surface area contributed by atoms with Crippen LogP contribution in [-0.4, -0.2) is 45.7 Å². The topological polar surface area (TPSA) is 71.1 Å². The Kier molecular flexibility index (Phi) is 4.57. The molecule has 0 unspecified atom stereocenters. The first-order valence-corrected chi connectivity index (χ1v) is 8.12. The number of nitrogens with zero attached hydrogens (tertiary/aromatic N) is 3. The Balaban J connectivity index is 1.65. The monoisotopic (exact) mass is 304 g/mol. The van der Waals surface area contributed by atoms with Crippen molar-refractivity contribution >= 4 is 5.91 Å². The SMILES string of the molecule is CC(C)c1n[nH]c([C@@H]2CN(C(=O)[C@@H]3CC=CCC3)CCO2)n1. The summed E-state index contributed by atoms with van der Waals surface area (Å²) in [6.45, 7) is 5.89. The van der Waals surface area contributed by atoms with E-state index >= 15 is 0 Å². The minimum Gasteiger partial charge on any atom is -0.367 e. The molecule has 6 heteroatoms. The summed E-state index contributed by atoms with van der Waals surface area (Å²) < 4.78 is 5.78. The molecule has 1 aromatic heterocycles. The van der Waals surface area contributed by atoms with Gasteiger partial charge in [0.05, 0.1) is 13.2 Å². The van der Waals surface area contributed by atoms with Crippen LogP contribution in [0.5, 0.6) is 0 Å². The lowest BCUT2D eigenvalue weighted by molar-refractivity contribution is -0.143. The van der Waals surface area contributed by atoms with Gasteiger partial charge >= 0.3 is 0 Å². The van der Waals surface area contributed by atoms with Gasteiger partial charge in [0.25, 0.3) is 0 Å². The number of aromatic amines is 1. The maximum Gasteiger partial charge on any atom is 0.226 e. The van der Waals surface area contributed by atoms with Crippen LogP contribution in [0.15, 0.2) is 12.2 Å². The zero-order valence-corrected chi connectivity index (χ0v) is 13.3. The van der Waals surface area contributed by atoms with Crippen LogP contribution in [0, 0.1) is 5.92 Å². The maximum absolute atomic E-state index is 12.6. The number of nitrogens with one attached hydrogen (secondary N) is 1. The van der Waals surface area contributed by atoms with E-state index in [0.29, 0.717) is 19.7 Å². The number of rotatable bonds is 3. The van der Waals surface area contributed by atoms with Crippen molar-refractivity contribution in [2.24, 2.45) is 5.92 Å². The van der Waals surface area contributed by atoms with Gasteiger partial charge in [0, 0.05) is 18.4 Å². The molecule has 0 spiro atoms. The fraction of sp³-hybridized carbons (Fsp3) is 0.688. The standard InChI is InChI=1S/C16H24N4O2/c1-11(2)14-17-15(19-18-14)13-10-20(8-9-22-13)16(21)12-6-4-3-5-7-12/h3-4,11-13H,5-10H2,1-2H3,(H,17,18,19)/t12-,13+/m1/s1. The molecule has 0 radical (unpaired) electrons. The maximum atomic E-state index is 12.6. The van der Waals surface area contributed by atoms with E-state index in [2.05, 4.69) is 41.2 Å². The molecule has 1 saturated heterocycles. The number of carbonyl (C=O) groups is 1. The summed E-state index contributed by atoms with van der Waals surface area (Å²) in [5, 5.41) is 7.18. The number of H-pyrrole nitrogens is 1. The largest absolute Gasteiger partial charge is 0.367 e. The molecular formula is C16H24N4O2. The van der Waals surface area contributed by atoms with Crippen LogP contribution in [0.25, 0.3) is 0 Å². The van der Waals surface area contributed by atoms with Gasteiger partial charge in [-0.25, -0.2) is 4.98 Å². The number of hydrogen-bond donors (Lipinski definition) is 1. The van der Waals surface area contributed by atoms with Crippen molar-refractivity contribution in [3.63, 3.8) is 0 Å². The predicted octanol–water partition coefficient (Wildman–Crippen LogP) is 2.18. The van der Waals surface area contributed by atoms with Crippen molar-refractivity contribution in [3.05, 3.63) is 23.8 Å². The van der Waals surface area contributed by atoms with E-state index in [-0.39, 0.29) is 23.8 Å². The molecule has 2 atom stereocenters. The van der Waals surface area contributed by atoms with Crippen molar-refractivity contribution in [1.29, 1.82) is 0 Å². The highest BCUT2D eigenvalue weighted by Crippen LogP contribution is 2.25. The number of hydrogen-bond acceptors (Lipinski definition) is 4. The fourth-order valence-corrected chi connectivity index (χ4v) is 2.98. The average molecular weight is 304 g/mol. The van der Waals surface area contributed by atoms with Crippen molar-refractivity contribution in [2.75, 3.05) is 19.7 Å². The van der Waals surface area contributed by atoms with E-state index in [1.54, 1.807) is 0 Å². The molecule has 1 aliphatic heterocycles. The lowest BCUT2D eigenvalue weighted by Gasteiger charge is -2.34. The van der Waals surface area contributed by atoms with Crippen molar-refractivity contribution in [1.82, 2.24) is 20.1 Å². The van der Waals surface area contributed by atoms with Crippen LogP contribution in [0.1, 0.15) is 56.8 Å². The molecule has 2 aliphatic rings. The summed E-state index contributed by atoms with van der Waals surface area (Å²) in [6, 6.07) is 0. The third-order valence-corrected chi connectivity index (χ3v) is 4.34. The van der Waals surface area contributed by atoms with Gasteiger partial charge in [-0.1, -0.05) is 26.0 Å². The second-order valence-corrected chi connectivity index (χ2v) is 6.36. The zero-order valence-electron chi connectivity index (χ0n) is 13.3. The van der Waals surface area contributed by atoms with E-state index in [0.717, 1.165) is 30.9 Å². The van der Waals surface area contributed by atoms with Crippen LogP contribution >= 0.6 is 0 Å². The van der Waals surface area contributed by atoms with Gasteiger partial charge in [0.15, 0.2) is 11.6 Å². The lowest BCUT2D eigenvalue weighted by Crippen LogP contribution is -2.45.